The average Bonchev–Trinajstić information content (AvgIpc) is 3.48. The summed E-state index contributed by atoms with van der Waals surface area (Å²) in [6.07, 6.45) is 1.93. The molecular formula is C19H20N2O4. The van der Waals surface area contributed by atoms with Gasteiger partial charge in [-0.2, -0.15) is 0 Å². The van der Waals surface area contributed by atoms with Gasteiger partial charge in [-0.25, -0.2) is 0 Å². The number of carbonyl (C=O) groups is 2. The summed E-state index contributed by atoms with van der Waals surface area (Å²) in [4.78, 5) is 24.1. The van der Waals surface area contributed by atoms with Crippen LogP contribution in [0.5, 0.6) is 11.5 Å². The van der Waals surface area contributed by atoms with Crippen molar-refractivity contribution in [2.24, 2.45) is 5.92 Å². The highest BCUT2D eigenvalue weighted by atomic mass is 16.5. The maximum atomic E-state index is 12.4. The van der Waals surface area contributed by atoms with E-state index < -0.39 is 0 Å². The van der Waals surface area contributed by atoms with Crippen molar-refractivity contribution in [3.05, 3.63) is 48.0 Å². The van der Waals surface area contributed by atoms with Gasteiger partial charge in [0, 0.05) is 22.9 Å². The van der Waals surface area contributed by atoms with E-state index in [9.17, 15) is 9.59 Å². The van der Waals surface area contributed by atoms with Crippen molar-refractivity contribution < 1.29 is 19.1 Å². The smallest absolute Gasteiger partial charge is 0.255 e. The minimum atomic E-state index is -0.254. The quantitative estimate of drug-likeness (QED) is 0.846. The van der Waals surface area contributed by atoms with Crippen molar-refractivity contribution in [2.75, 3.05) is 24.9 Å². The van der Waals surface area contributed by atoms with Gasteiger partial charge in [0.05, 0.1) is 14.2 Å². The number of nitrogens with one attached hydrogen (secondary N) is 2. The van der Waals surface area contributed by atoms with Crippen molar-refractivity contribution in [1.82, 2.24) is 0 Å². The maximum absolute atomic E-state index is 12.4. The van der Waals surface area contributed by atoms with Gasteiger partial charge in [-0.15, -0.1) is 0 Å². The van der Waals surface area contributed by atoms with Gasteiger partial charge in [0.25, 0.3) is 5.91 Å². The second-order valence-corrected chi connectivity index (χ2v) is 5.86. The number of carbonyl (C=O) groups excluding carboxylic acids is 2. The zero-order valence-electron chi connectivity index (χ0n) is 14.2. The lowest BCUT2D eigenvalue weighted by Crippen LogP contribution is -2.14. The van der Waals surface area contributed by atoms with Crippen molar-refractivity contribution >= 4 is 23.2 Å². The molecular weight excluding hydrogens is 320 g/mol. The molecule has 2 aromatic rings. The third kappa shape index (κ3) is 4.09. The Kier molecular flexibility index (Phi) is 4.88. The van der Waals surface area contributed by atoms with Crippen LogP contribution in [0.15, 0.2) is 42.5 Å². The number of hydrogen-bond acceptors (Lipinski definition) is 4. The highest BCUT2D eigenvalue weighted by molar-refractivity contribution is 6.04. The fraction of sp³-hybridized carbons (Fsp3) is 0.263. The number of anilines is 2. The van der Waals surface area contributed by atoms with Gasteiger partial charge >= 0.3 is 0 Å². The van der Waals surface area contributed by atoms with Crippen molar-refractivity contribution in [2.45, 2.75) is 12.8 Å². The van der Waals surface area contributed by atoms with Crippen LogP contribution >= 0.6 is 0 Å². The van der Waals surface area contributed by atoms with Crippen molar-refractivity contribution in [3.8, 4) is 11.5 Å². The molecule has 0 spiro atoms. The molecule has 6 heteroatoms. The highest BCUT2D eigenvalue weighted by Crippen LogP contribution is 2.30. The molecule has 2 aromatic carbocycles. The summed E-state index contributed by atoms with van der Waals surface area (Å²) in [6, 6.07) is 12.0. The van der Waals surface area contributed by atoms with Crippen LogP contribution in [0.2, 0.25) is 0 Å². The molecule has 1 fully saturated rings. The van der Waals surface area contributed by atoms with Crippen LogP contribution in [0.1, 0.15) is 23.2 Å². The van der Waals surface area contributed by atoms with Gasteiger partial charge in [-0.3, -0.25) is 9.59 Å². The van der Waals surface area contributed by atoms with E-state index in [-0.39, 0.29) is 17.7 Å². The molecule has 0 unspecified atom stereocenters. The lowest BCUT2D eigenvalue weighted by molar-refractivity contribution is -0.117. The van der Waals surface area contributed by atoms with Gasteiger partial charge in [0.15, 0.2) is 11.5 Å². The molecule has 1 aliphatic carbocycles. The van der Waals surface area contributed by atoms with Gasteiger partial charge in [-0.1, -0.05) is 0 Å². The minimum Gasteiger partial charge on any atom is -0.493 e. The number of methoxy groups -OCH3 is 2. The van der Waals surface area contributed by atoms with Gasteiger partial charge in [0.2, 0.25) is 5.91 Å². The molecule has 0 atom stereocenters. The van der Waals surface area contributed by atoms with Crippen LogP contribution in [0.4, 0.5) is 11.4 Å². The minimum absolute atomic E-state index is 0.0575. The van der Waals surface area contributed by atoms with E-state index >= 15 is 0 Å². The Morgan fingerprint density at radius 3 is 2.04 bits per heavy atom. The number of hydrogen-bond donors (Lipinski definition) is 2. The first kappa shape index (κ1) is 16.8. The molecule has 2 amide bonds. The molecule has 0 bridgehead atoms. The second kappa shape index (κ2) is 7.25. The summed E-state index contributed by atoms with van der Waals surface area (Å²) in [5, 5.41) is 5.68. The molecule has 0 saturated heterocycles. The molecule has 0 radical (unpaired) electrons. The molecule has 0 aliphatic heterocycles. The molecule has 6 nitrogen and oxygen atoms in total. The molecule has 25 heavy (non-hydrogen) atoms. The summed E-state index contributed by atoms with van der Waals surface area (Å²) >= 11 is 0. The van der Waals surface area contributed by atoms with Crippen molar-refractivity contribution in [1.29, 1.82) is 0 Å². The largest absolute Gasteiger partial charge is 0.493 e. The first-order valence-electron chi connectivity index (χ1n) is 8.05. The van der Waals surface area contributed by atoms with Gasteiger partial charge in [0.1, 0.15) is 0 Å². The lowest BCUT2D eigenvalue weighted by atomic mass is 10.1. The SMILES string of the molecule is COc1ccc(C(=O)Nc2ccc(NC(=O)C3CC3)cc2)cc1OC. The third-order valence-electron chi connectivity index (χ3n) is 4.00. The molecule has 130 valence electrons. The van der Waals surface area contributed by atoms with E-state index in [0.29, 0.717) is 22.7 Å². The van der Waals surface area contributed by atoms with Crippen LogP contribution in [-0.2, 0) is 4.79 Å². The topological polar surface area (TPSA) is 76.7 Å². The number of rotatable bonds is 6. The Morgan fingerprint density at radius 2 is 1.48 bits per heavy atom. The Balaban J connectivity index is 1.65. The van der Waals surface area contributed by atoms with Crippen molar-refractivity contribution in [3.63, 3.8) is 0 Å². The third-order valence-corrected chi connectivity index (χ3v) is 4.00. The van der Waals surface area contributed by atoms with E-state index in [1.165, 1.54) is 7.11 Å². The Morgan fingerprint density at radius 1 is 0.880 bits per heavy atom. The molecule has 0 aromatic heterocycles. The zero-order chi connectivity index (χ0) is 17.8. The lowest BCUT2D eigenvalue weighted by Gasteiger charge is -2.10. The number of ether oxygens (including phenoxy) is 2. The molecule has 2 N–H and O–H groups in total. The van der Waals surface area contributed by atoms with Gasteiger partial charge < -0.3 is 20.1 Å². The van der Waals surface area contributed by atoms with E-state index in [0.717, 1.165) is 18.5 Å². The summed E-state index contributed by atoms with van der Waals surface area (Å²) in [5.74, 6) is 1.02. The van der Waals surface area contributed by atoms with Crippen LogP contribution in [0, 0.1) is 5.92 Å². The average molecular weight is 340 g/mol. The summed E-state index contributed by atoms with van der Waals surface area (Å²) < 4.78 is 10.4. The summed E-state index contributed by atoms with van der Waals surface area (Å²) in [7, 11) is 3.06. The number of amides is 2. The first-order chi connectivity index (χ1) is 12.1. The second-order valence-electron chi connectivity index (χ2n) is 5.86. The van der Waals surface area contributed by atoms with Crippen LogP contribution in [-0.4, -0.2) is 26.0 Å². The molecule has 0 heterocycles. The molecule has 3 rings (SSSR count). The van der Waals surface area contributed by atoms with Crippen LogP contribution in [0.25, 0.3) is 0 Å². The fourth-order valence-corrected chi connectivity index (χ4v) is 2.41. The zero-order valence-corrected chi connectivity index (χ0v) is 14.2. The molecule has 1 aliphatic rings. The highest BCUT2D eigenvalue weighted by Gasteiger charge is 2.29. The van der Waals surface area contributed by atoms with E-state index in [1.807, 2.05) is 0 Å². The Hall–Kier alpha value is -3.02. The summed E-state index contributed by atoms with van der Waals surface area (Å²) in [5.41, 5.74) is 1.83. The standard InChI is InChI=1S/C19H20N2O4/c1-24-16-10-5-13(11-17(16)25-2)19(23)21-15-8-6-14(7-9-15)20-18(22)12-3-4-12/h5-12H,3-4H2,1-2H3,(H,20,22)(H,21,23). The predicted octanol–water partition coefficient (Wildman–Crippen LogP) is 3.30. The Bertz CT molecular complexity index is 783. The number of benzene rings is 2. The predicted molar refractivity (Wildman–Crippen MR) is 95.3 cm³/mol. The van der Waals surface area contributed by atoms with Crippen LogP contribution in [0.3, 0.4) is 0 Å². The van der Waals surface area contributed by atoms with E-state index in [4.69, 9.17) is 9.47 Å². The first-order valence-corrected chi connectivity index (χ1v) is 8.05. The van der Waals surface area contributed by atoms with Gasteiger partial charge in [-0.05, 0) is 55.3 Å². The van der Waals surface area contributed by atoms with Crippen LogP contribution < -0.4 is 20.1 Å². The normalized spacial score (nSPS) is 13.0. The monoisotopic (exact) mass is 340 g/mol. The maximum Gasteiger partial charge on any atom is 0.255 e. The van der Waals surface area contributed by atoms with E-state index in [1.54, 1.807) is 49.6 Å². The summed E-state index contributed by atoms with van der Waals surface area (Å²) in [6.45, 7) is 0. The molecule has 1 saturated carbocycles. The fourth-order valence-electron chi connectivity index (χ4n) is 2.41. The Labute approximate surface area is 146 Å². The van der Waals surface area contributed by atoms with E-state index in [2.05, 4.69) is 10.6 Å².